The summed E-state index contributed by atoms with van der Waals surface area (Å²) < 4.78 is 0. The van der Waals surface area contributed by atoms with Gasteiger partial charge < -0.3 is 14.7 Å². The zero-order valence-electron chi connectivity index (χ0n) is 17.0. The Balaban J connectivity index is 1.55. The van der Waals surface area contributed by atoms with Gasteiger partial charge in [0.05, 0.1) is 11.3 Å². The molecule has 3 rings (SSSR count). The van der Waals surface area contributed by atoms with Gasteiger partial charge in [-0.05, 0) is 50.4 Å². The van der Waals surface area contributed by atoms with E-state index in [0.29, 0.717) is 23.5 Å². The maximum absolute atomic E-state index is 12.6. The van der Waals surface area contributed by atoms with E-state index in [-0.39, 0.29) is 11.7 Å². The fourth-order valence-electron chi connectivity index (χ4n) is 4.17. The van der Waals surface area contributed by atoms with Crippen LogP contribution < -0.4 is 4.90 Å². The predicted molar refractivity (Wildman–Crippen MR) is 109 cm³/mol. The minimum Gasteiger partial charge on any atom is -0.370 e. The van der Waals surface area contributed by atoms with Gasteiger partial charge in [0.2, 0.25) is 5.91 Å². The number of hydrogen-bond donors (Lipinski definition) is 0. The summed E-state index contributed by atoms with van der Waals surface area (Å²) in [6.45, 7) is 10.0. The summed E-state index contributed by atoms with van der Waals surface area (Å²) in [4.78, 5) is 30.9. The van der Waals surface area contributed by atoms with Crippen molar-refractivity contribution in [2.45, 2.75) is 33.1 Å². The Kier molecular flexibility index (Phi) is 6.69. The minimum absolute atomic E-state index is 0.00870. The number of likely N-dealkylation sites (N-methyl/N-ethyl adjacent to an activating group) is 1. The fourth-order valence-corrected chi connectivity index (χ4v) is 4.17. The average Bonchev–Trinajstić information content (AvgIpc) is 2.73. The normalized spacial score (nSPS) is 18.8. The molecule has 0 spiro atoms. The monoisotopic (exact) mass is 382 g/mol. The lowest BCUT2D eigenvalue weighted by molar-refractivity contribution is -0.134. The van der Waals surface area contributed by atoms with Crippen LogP contribution in [0.1, 0.15) is 49.0 Å². The molecule has 1 aromatic rings. The number of ketones is 1. The predicted octanol–water partition coefficient (Wildman–Crippen LogP) is 2.53. The lowest BCUT2D eigenvalue weighted by Crippen LogP contribution is -2.49. The van der Waals surface area contributed by atoms with Gasteiger partial charge in [0.25, 0.3) is 0 Å². The molecule has 0 N–H and O–H groups in total. The van der Waals surface area contributed by atoms with Gasteiger partial charge >= 0.3 is 0 Å². The molecule has 2 fully saturated rings. The Morgan fingerprint density at radius 2 is 1.79 bits per heavy atom. The van der Waals surface area contributed by atoms with Gasteiger partial charge in [0.15, 0.2) is 5.78 Å². The Hall–Kier alpha value is -2.39. The van der Waals surface area contributed by atoms with Crippen LogP contribution in [0.2, 0.25) is 0 Å². The number of amides is 1. The topological polar surface area (TPSA) is 67.7 Å². The number of nitrogens with zero attached hydrogens (tertiary/aromatic N) is 4. The van der Waals surface area contributed by atoms with E-state index in [9.17, 15) is 14.9 Å². The number of carbonyl (C=O) groups excluding carboxylic acids is 2. The van der Waals surface area contributed by atoms with Gasteiger partial charge in [0, 0.05) is 51.3 Å². The van der Waals surface area contributed by atoms with Crippen molar-refractivity contribution >= 4 is 17.4 Å². The molecule has 0 bridgehead atoms. The third-order valence-corrected chi connectivity index (χ3v) is 6.12. The number of benzene rings is 1. The van der Waals surface area contributed by atoms with E-state index in [1.165, 1.54) is 0 Å². The first kappa shape index (κ1) is 20.3. The molecule has 0 aromatic heterocycles. The highest BCUT2D eigenvalue weighted by Gasteiger charge is 2.26. The summed E-state index contributed by atoms with van der Waals surface area (Å²) in [5, 5.41) is 9.42. The van der Waals surface area contributed by atoms with Crippen molar-refractivity contribution in [2.75, 3.05) is 50.7 Å². The molecule has 0 atom stereocenters. The average molecular weight is 383 g/mol. The van der Waals surface area contributed by atoms with Crippen LogP contribution in [0.3, 0.4) is 0 Å². The molecule has 6 nitrogen and oxygen atoms in total. The number of piperazine rings is 1. The van der Waals surface area contributed by atoms with E-state index < -0.39 is 0 Å². The van der Waals surface area contributed by atoms with E-state index in [4.69, 9.17) is 0 Å². The van der Waals surface area contributed by atoms with E-state index in [2.05, 4.69) is 22.8 Å². The number of nitriles is 1. The summed E-state index contributed by atoms with van der Waals surface area (Å²) in [6, 6.07) is 7.52. The van der Waals surface area contributed by atoms with Crippen molar-refractivity contribution in [2.24, 2.45) is 5.92 Å². The highest BCUT2D eigenvalue weighted by atomic mass is 16.2. The van der Waals surface area contributed by atoms with E-state index in [1.54, 1.807) is 19.1 Å². The summed E-state index contributed by atoms with van der Waals surface area (Å²) in [5.74, 6) is 0.689. The summed E-state index contributed by atoms with van der Waals surface area (Å²) in [6.07, 6.45) is 2.50. The van der Waals surface area contributed by atoms with Gasteiger partial charge in [0.1, 0.15) is 6.07 Å². The second-order valence-corrected chi connectivity index (χ2v) is 7.85. The maximum atomic E-state index is 12.6. The van der Waals surface area contributed by atoms with E-state index in [0.717, 1.165) is 64.3 Å². The van der Waals surface area contributed by atoms with Crippen LogP contribution in [0.4, 0.5) is 5.69 Å². The zero-order chi connectivity index (χ0) is 20.1. The molecule has 0 radical (unpaired) electrons. The largest absolute Gasteiger partial charge is 0.370 e. The van der Waals surface area contributed by atoms with Gasteiger partial charge in [-0.3, -0.25) is 9.59 Å². The molecule has 6 heteroatoms. The smallest absolute Gasteiger partial charge is 0.222 e. The lowest BCUT2D eigenvalue weighted by atomic mass is 9.92. The van der Waals surface area contributed by atoms with E-state index in [1.807, 2.05) is 11.0 Å². The van der Waals surface area contributed by atoms with E-state index >= 15 is 0 Å². The van der Waals surface area contributed by atoms with Crippen molar-refractivity contribution in [3.8, 4) is 6.07 Å². The fraction of sp³-hybridized carbons (Fsp3) is 0.591. The SMILES string of the molecule is CCN1CCN(C(=O)CC2CCN(c3cc(C(C)=O)ccc3C#N)CC2)CC1. The molecule has 2 aliphatic rings. The Bertz CT molecular complexity index is 754. The second-order valence-electron chi connectivity index (χ2n) is 7.85. The van der Waals surface area contributed by atoms with Gasteiger partial charge in [-0.25, -0.2) is 0 Å². The molecule has 2 saturated heterocycles. The molecule has 0 unspecified atom stereocenters. The number of rotatable bonds is 5. The van der Waals surface area contributed by atoms with Crippen molar-refractivity contribution in [1.82, 2.24) is 9.80 Å². The molecule has 28 heavy (non-hydrogen) atoms. The quantitative estimate of drug-likeness (QED) is 0.732. The lowest BCUT2D eigenvalue weighted by Gasteiger charge is -2.37. The summed E-state index contributed by atoms with van der Waals surface area (Å²) in [7, 11) is 0. The van der Waals surface area contributed by atoms with Gasteiger partial charge in [-0.2, -0.15) is 5.26 Å². The van der Waals surface area contributed by atoms with Crippen LogP contribution >= 0.6 is 0 Å². The molecule has 1 amide bonds. The third-order valence-electron chi connectivity index (χ3n) is 6.12. The molecular formula is C22H30N4O2. The van der Waals surface area contributed by atoms with Crippen LogP contribution in [-0.2, 0) is 4.79 Å². The van der Waals surface area contributed by atoms with Crippen molar-refractivity contribution in [3.05, 3.63) is 29.3 Å². The molecular weight excluding hydrogens is 352 g/mol. The zero-order valence-corrected chi connectivity index (χ0v) is 17.0. The molecule has 150 valence electrons. The van der Waals surface area contributed by atoms with Crippen LogP contribution in [0.5, 0.6) is 0 Å². The second kappa shape index (κ2) is 9.20. The molecule has 2 heterocycles. The van der Waals surface area contributed by atoms with Gasteiger partial charge in [-0.1, -0.05) is 6.92 Å². The Morgan fingerprint density at radius 1 is 1.11 bits per heavy atom. The number of anilines is 1. The van der Waals surface area contributed by atoms with Crippen molar-refractivity contribution in [1.29, 1.82) is 5.26 Å². The molecule has 2 aliphatic heterocycles. The first-order valence-electron chi connectivity index (χ1n) is 10.3. The summed E-state index contributed by atoms with van der Waals surface area (Å²) in [5.41, 5.74) is 2.08. The van der Waals surface area contributed by atoms with Crippen LogP contribution in [-0.4, -0.2) is 67.3 Å². The standard InChI is InChI=1S/C22H30N4O2/c1-3-24-10-12-26(13-11-24)22(28)14-18-6-8-25(9-7-18)21-15-19(17(2)27)4-5-20(21)16-23/h4-5,15,18H,3,6-14H2,1-2H3. The van der Waals surface area contributed by atoms with Crippen LogP contribution in [0, 0.1) is 17.2 Å². The highest BCUT2D eigenvalue weighted by molar-refractivity contribution is 5.95. The van der Waals surface area contributed by atoms with Crippen LogP contribution in [0.25, 0.3) is 0 Å². The molecule has 0 saturated carbocycles. The highest BCUT2D eigenvalue weighted by Crippen LogP contribution is 2.29. The summed E-state index contributed by atoms with van der Waals surface area (Å²) >= 11 is 0. The number of hydrogen-bond acceptors (Lipinski definition) is 5. The van der Waals surface area contributed by atoms with Crippen molar-refractivity contribution in [3.63, 3.8) is 0 Å². The first-order chi connectivity index (χ1) is 13.5. The van der Waals surface area contributed by atoms with Crippen molar-refractivity contribution < 1.29 is 9.59 Å². The Morgan fingerprint density at radius 3 is 2.36 bits per heavy atom. The van der Waals surface area contributed by atoms with Gasteiger partial charge in [-0.15, -0.1) is 0 Å². The number of piperidine rings is 1. The third kappa shape index (κ3) is 4.71. The minimum atomic E-state index is 0.00870. The number of carbonyl (C=O) groups is 2. The first-order valence-corrected chi connectivity index (χ1v) is 10.3. The molecule has 0 aliphatic carbocycles. The molecule has 1 aromatic carbocycles. The van der Waals surface area contributed by atoms with Crippen LogP contribution in [0.15, 0.2) is 18.2 Å². The number of Topliss-reactive ketones (excluding diaryl/α,β-unsaturated/α-hetero) is 1. The maximum Gasteiger partial charge on any atom is 0.222 e. The Labute approximate surface area is 167 Å².